The van der Waals surface area contributed by atoms with Crippen molar-refractivity contribution in [2.24, 2.45) is 22.7 Å². The molecule has 5 heteroatoms. The summed E-state index contributed by atoms with van der Waals surface area (Å²) in [5, 5.41) is 0. The average molecular weight is 567 g/mol. The fraction of sp³-hybridized carbons (Fsp3) is 0.486. The maximum absolute atomic E-state index is 16.1. The second-order valence-corrected chi connectivity index (χ2v) is 13.7. The van der Waals surface area contributed by atoms with Crippen LogP contribution in [0.5, 0.6) is 0 Å². The average Bonchev–Trinajstić information content (AvgIpc) is 3.19. The Morgan fingerprint density at radius 3 is 2.12 bits per heavy atom. The molecule has 0 aromatic heterocycles. The smallest absolute Gasteiger partial charge is 0.234 e. The van der Waals surface area contributed by atoms with Crippen molar-refractivity contribution in [2.75, 3.05) is 0 Å². The van der Waals surface area contributed by atoms with Crippen molar-refractivity contribution in [3.63, 3.8) is 0 Å². The van der Waals surface area contributed by atoms with Gasteiger partial charge in [0.1, 0.15) is 0 Å². The zero-order valence-electron chi connectivity index (χ0n) is 23.5. The molecule has 4 aliphatic rings. The van der Waals surface area contributed by atoms with Gasteiger partial charge in [0.2, 0.25) is 5.67 Å². The van der Waals surface area contributed by atoms with Gasteiger partial charge >= 0.3 is 6.18 Å². The van der Waals surface area contributed by atoms with Crippen molar-refractivity contribution < 1.29 is 17.6 Å². The van der Waals surface area contributed by atoms with Gasteiger partial charge in [-0.05, 0) is 109 Å². The summed E-state index contributed by atoms with van der Waals surface area (Å²) in [6, 6.07) is 16.5. The lowest BCUT2D eigenvalue weighted by Gasteiger charge is -2.58. The van der Waals surface area contributed by atoms with E-state index >= 15 is 4.39 Å². The van der Waals surface area contributed by atoms with Crippen LogP contribution in [-0.2, 0) is 0 Å². The third-order valence-electron chi connectivity index (χ3n) is 11.5. The second kappa shape index (κ2) is 9.37. The zero-order chi connectivity index (χ0) is 28.7. The number of hydrogen-bond acceptors (Lipinski definition) is 1. The highest BCUT2D eigenvalue weighted by molar-refractivity contribution is 7.80. The van der Waals surface area contributed by atoms with Gasteiger partial charge in [0.05, 0.1) is 0 Å². The SMILES string of the molecule is C=C1C=C2CCC3C(=C2CC1)C(c1ccc(-c2ccc(S)cc2)cc1)CC1(C)C3CC[C@@]1(C)C(C)(F)C(F)(F)F. The number of thiol groups is 1. The molecule has 212 valence electrons. The first kappa shape index (κ1) is 27.9. The van der Waals surface area contributed by atoms with Gasteiger partial charge in [-0.2, -0.15) is 13.2 Å². The molecule has 2 aromatic carbocycles. The van der Waals surface area contributed by atoms with Crippen LogP contribution in [0.2, 0.25) is 0 Å². The lowest BCUT2D eigenvalue weighted by Crippen LogP contribution is -2.59. The van der Waals surface area contributed by atoms with Gasteiger partial charge in [0.25, 0.3) is 0 Å². The Morgan fingerprint density at radius 1 is 0.875 bits per heavy atom. The third kappa shape index (κ3) is 4.01. The largest absolute Gasteiger partial charge is 0.422 e. The Bertz CT molecular complexity index is 1390. The quantitative estimate of drug-likeness (QED) is 0.277. The van der Waals surface area contributed by atoms with Crippen molar-refractivity contribution in [1.82, 2.24) is 0 Å². The third-order valence-corrected chi connectivity index (χ3v) is 11.8. The molecule has 0 spiro atoms. The predicted molar refractivity (Wildman–Crippen MR) is 157 cm³/mol. The van der Waals surface area contributed by atoms with Crippen LogP contribution in [0, 0.1) is 22.7 Å². The van der Waals surface area contributed by atoms with Crippen LogP contribution in [-0.4, -0.2) is 11.8 Å². The summed E-state index contributed by atoms with van der Waals surface area (Å²) in [7, 11) is 0. The number of alkyl halides is 4. The van der Waals surface area contributed by atoms with Crippen LogP contribution in [0.15, 0.2) is 88.4 Å². The summed E-state index contributed by atoms with van der Waals surface area (Å²) in [5.74, 6) is 0.182. The molecule has 2 fully saturated rings. The normalized spacial score (nSPS) is 33.5. The fourth-order valence-electron chi connectivity index (χ4n) is 8.94. The Morgan fingerprint density at radius 2 is 1.50 bits per heavy atom. The Hall–Kier alpha value is -2.27. The molecule has 6 atom stereocenters. The van der Waals surface area contributed by atoms with Gasteiger partial charge in [-0.15, -0.1) is 12.6 Å². The molecule has 2 saturated carbocycles. The summed E-state index contributed by atoms with van der Waals surface area (Å²) in [6.07, 6.45) is 2.43. The van der Waals surface area contributed by atoms with E-state index in [4.69, 9.17) is 0 Å². The number of rotatable bonds is 3. The Kier molecular flexibility index (Phi) is 6.53. The minimum absolute atomic E-state index is 0.0355. The molecular formula is C35H38F4S. The predicted octanol–water partition coefficient (Wildman–Crippen LogP) is 10.8. The lowest BCUT2D eigenvalue weighted by atomic mass is 9.47. The summed E-state index contributed by atoms with van der Waals surface area (Å²) in [4.78, 5) is 0.902. The van der Waals surface area contributed by atoms with Crippen molar-refractivity contribution in [2.45, 2.75) is 88.4 Å². The van der Waals surface area contributed by atoms with Crippen molar-refractivity contribution >= 4 is 12.6 Å². The number of halogens is 4. The number of hydrogen-bond donors (Lipinski definition) is 1. The Labute approximate surface area is 241 Å². The second-order valence-electron chi connectivity index (χ2n) is 13.2. The van der Waals surface area contributed by atoms with Gasteiger partial charge in [0, 0.05) is 16.2 Å². The first-order chi connectivity index (χ1) is 18.8. The summed E-state index contributed by atoms with van der Waals surface area (Å²) >= 11 is 4.39. The Balaban J connectivity index is 1.48. The van der Waals surface area contributed by atoms with Crippen LogP contribution >= 0.6 is 12.6 Å². The molecule has 0 bridgehead atoms. The molecule has 0 radical (unpaired) electrons. The molecule has 4 aliphatic carbocycles. The molecule has 0 heterocycles. The highest BCUT2D eigenvalue weighted by Gasteiger charge is 2.73. The minimum atomic E-state index is -4.91. The van der Waals surface area contributed by atoms with Gasteiger partial charge < -0.3 is 0 Å². The van der Waals surface area contributed by atoms with Gasteiger partial charge in [-0.3, -0.25) is 0 Å². The van der Waals surface area contributed by atoms with E-state index in [9.17, 15) is 13.2 Å². The van der Waals surface area contributed by atoms with Crippen LogP contribution in [0.3, 0.4) is 0 Å². The van der Waals surface area contributed by atoms with Gasteiger partial charge in [-0.1, -0.05) is 74.0 Å². The van der Waals surface area contributed by atoms with E-state index < -0.39 is 22.7 Å². The molecular weight excluding hydrogens is 528 g/mol. The molecule has 0 nitrogen and oxygen atoms in total. The lowest BCUT2D eigenvalue weighted by molar-refractivity contribution is -0.281. The summed E-state index contributed by atoms with van der Waals surface area (Å²) in [5.41, 5.74) is 3.07. The summed E-state index contributed by atoms with van der Waals surface area (Å²) < 4.78 is 59.0. The molecule has 0 amide bonds. The first-order valence-corrected chi connectivity index (χ1v) is 15.0. The van der Waals surface area contributed by atoms with E-state index in [-0.39, 0.29) is 24.2 Å². The minimum Gasteiger partial charge on any atom is -0.234 e. The van der Waals surface area contributed by atoms with E-state index in [0.29, 0.717) is 12.8 Å². The van der Waals surface area contributed by atoms with Crippen LogP contribution in [0.4, 0.5) is 17.6 Å². The van der Waals surface area contributed by atoms with E-state index in [1.807, 2.05) is 31.2 Å². The van der Waals surface area contributed by atoms with E-state index in [2.05, 4.69) is 49.5 Å². The van der Waals surface area contributed by atoms with Crippen molar-refractivity contribution in [3.05, 3.63) is 89.0 Å². The standard InChI is InChI=1S/C35H38F4S/c1-21-5-15-27-25(19-21)12-16-28-30-17-18-33(3,34(4,36)35(37,38)39)32(30,2)20-29(31(27)28)24-8-6-22(7-9-24)23-10-13-26(40)14-11-23/h6-11,13-14,19,28-30,40H,1,5,12,15-18,20H2,2-4H3/t28?,29?,30?,32?,33-,34?/m1/s1. The molecule has 2 aromatic rings. The molecule has 0 N–H and O–H groups in total. The van der Waals surface area contributed by atoms with Crippen LogP contribution in [0.1, 0.15) is 77.2 Å². The van der Waals surface area contributed by atoms with Crippen molar-refractivity contribution in [3.8, 4) is 11.1 Å². The molecule has 5 unspecified atom stereocenters. The van der Waals surface area contributed by atoms with Crippen LogP contribution < -0.4 is 0 Å². The first-order valence-electron chi connectivity index (χ1n) is 14.5. The van der Waals surface area contributed by atoms with Crippen LogP contribution in [0.25, 0.3) is 11.1 Å². The maximum atomic E-state index is 16.1. The molecule has 0 saturated heterocycles. The van der Waals surface area contributed by atoms with Gasteiger partial charge in [0.15, 0.2) is 0 Å². The summed E-state index contributed by atoms with van der Waals surface area (Å²) in [6.45, 7) is 8.57. The van der Waals surface area contributed by atoms with Gasteiger partial charge in [-0.25, -0.2) is 4.39 Å². The number of allylic oxidation sites excluding steroid dienone is 5. The topological polar surface area (TPSA) is 0 Å². The monoisotopic (exact) mass is 566 g/mol. The highest BCUT2D eigenvalue weighted by Crippen LogP contribution is 2.73. The van der Waals surface area contributed by atoms with E-state index in [1.165, 1.54) is 16.7 Å². The maximum Gasteiger partial charge on any atom is 0.422 e. The number of benzene rings is 2. The zero-order valence-corrected chi connectivity index (χ0v) is 24.4. The highest BCUT2D eigenvalue weighted by atomic mass is 32.1. The van der Waals surface area contributed by atoms with E-state index in [0.717, 1.165) is 59.8 Å². The molecule has 6 rings (SSSR count). The fourth-order valence-corrected chi connectivity index (χ4v) is 9.09. The van der Waals surface area contributed by atoms with E-state index in [1.54, 1.807) is 6.92 Å². The number of fused-ring (bicyclic) bond motifs is 4. The molecule has 40 heavy (non-hydrogen) atoms. The van der Waals surface area contributed by atoms with Crippen molar-refractivity contribution in [1.29, 1.82) is 0 Å². The molecule has 0 aliphatic heterocycles.